The van der Waals surface area contributed by atoms with Crippen LogP contribution in [-0.2, 0) is 4.79 Å². The quantitative estimate of drug-likeness (QED) is 0.296. The van der Waals surface area contributed by atoms with Crippen LogP contribution in [0.2, 0.25) is 0 Å². The van der Waals surface area contributed by atoms with Crippen molar-refractivity contribution in [2.24, 2.45) is 0 Å². The van der Waals surface area contributed by atoms with Crippen molar-refractivity contribution in [2.45, 2.75) is 32.7 Å². The first-order chi connectivity index (χ1) is 14.6. The summed E-state index contributed by atoms with van der Waals surface area (Å²) in [5.74, 6) is 0.429. The van der Waals surface area contributed by atoms with Gasteiger partial charge < -0.3 is 10.1 Å². The van der Waals surface area contributed by atoms with Gasteiger partial charge in [0, 0.05) is 5.39 Å². The van der Waals surface area contributed by atoms with E-state index < -0.39 is 0 Å². The molecule has 4 nitrogen and oxygen atoms in total. The molecule has 0 saturated carbocycles. The summed E-state index contributed by atoms with van der Waals surface area (Å²) in [5, 5.41) is 14.4. The maximum absolute atomic E-state index is 12.7. The van der Waals surface area contributed by atoms with E-state index in [0.29, 0.717) is 6.61 Å². The summed E-state index contributed by atoms with van der Waals surface area (Å²) in [6.07, 6.45) is 3.71. The van der Waals surface area contributed by atoms with Gasteiger partial charge in [0.1, 0.15) is 17.4 Å². The predicted octanol–water partition coefficient (Wildman–Crippen LogP) is 5.80. The molecule has 1 amide bonds. The Morgan fingerprint density at radius 2 is 1.77 bits per heavy atom. The number of rotatable bonds is 8. The van der Waals surface area contributed by atoms with Crippen LogP contribution in [0.5, 0.6) is 5.75 Å². The van der Waals surface area contributed by atoms with E-state index in [1.54, 1.807) is 6.08 Å². The van der Waals surface area contributed by atoms with Crippen molar-refractivity contribution < 1.29 is 9.53 Å². The van der Waals surface area contributed by atoms with Crippen LogP contribution in [0.4, 0.5) is 0 Å². The highest BCUT2D eigenvalue weighted by molar-refractivity contribution is 6.05. The van der Waals surface area contributed by atoms with Crippen LogP contribution in [0.3, 0.4) is 0 Å². The fourth-order valence-electron chi connectivity index (χ4n) is 3.28. The molecule has 0 fully saturated rings. The van der Waals surface area contributed by atoms with Gasteiger partial charge in [-0.25, -0.2) is 0 Å². The van der Waals surface area contributed by atoms with Crippen LogP contribution in [0.15, 0.2) is 72.3 Å². The highest BCUT2D eigenvalue weighted by Gasteiger charge is 2.15. The second-order valence-corrected chi connectivity index (χ2v) is 7.18. The molecule has 0 radical (unpaired) electrons. The Morgan fingerprint density at radius 3 is 2.47 bits per heavy atom. The van der Waals surface area contributed by atoms with Crippen molar-refractivity contribution in [3.63, 3.8) is 0 Å². The first kappa shape index (κ1) is 21.1. The Morgan fingerprint density at radius 1 is 1.07 bits per heavy atom. The highest BCUT2D eigenvalue weighted by Crippen LogP contribution is 2.30. The molecular weight excluding hydrogens is 372 g/mol. The zero-order valence-electron chi connectivity index (χ0n) is 17.4. The van der Waals surface area contributed by atoms with Crippen molar-refractivity contribution in [3.8, 4) is 11.8 Å². The molecule has 3 aromatic rings. The van der Waals surface area contributed by atoms with Gasteiger partial charge in [-0.15, -0.1) is 0 Å². The number of hydrogen-bond acceptors (Lipinski definition) is 3. The molecule has 0 aliphatic rings. The summed E-state index contributed by atoms with van der Waals surface area (Å²) in [6.45, 7) is 4.70. The molecule has 0 unspecified atom stereocenters. The molecule has 0 aromatic heterocycles. The van der Waals surface area contributed by atoms with Crippen LogP contribution in [0.1, 0.15) is 43.9 Å². The van der Waals surface area contributed by atoms with Crippen molar-refractivity contribution >= 4 is 22.8 Å². The predicted molar refractivity (Wildman–Crippen MR) is 121 cm³/mol. The molecule has 0 aliphatic heterocycles. The van der Waals surface area contributed by atoms with Gasteiger partial charge >= 0.3 is 0 Å². The number of nitrogens with one attached hydrogen (secondary N) is 1. The van der Waals surface area contributed by atoms with Gasteiger partial charge in [-0.1, -0.05) is 74.0 Å². The molecule has 1 N–H and O–H groups in total. The monoisotopic (exact) mass is 398 g/mol. The lowest BCUT2D eigenvalue weighted by Crippen LogP contribution is -2.27. The molecule has 0 heterocycles. The first-order valence-corrected chi connectivity index (χ1v) is 10.3. The second-order valence-electron chi connectivity index (χ2n) is 7.18. The van der Waals surface area contributed by atoms with E-state index in [9.17, 15) is 10.1 Å². The molecular formula is C26H26N2O2. The number of carbonyl (C=O) groups is 1. The minimum atomic E-state index is -0.388. The van der Waals surface area contributed by atoms with Gasteiger partial charge in [-0.3, -0.25) is 4.79 Å². The Kier molecular flexibility index (Phi) is 7.24. The molecule has 3 aromatic carbocycles. The number of nitrogens with zero attached hydrogens (tertiary/aromatic N) is 1. The van der Waals surface area contributed by atoms with E-state index in [4.69, 9.17) is 4.74 Å². The third-order valence-electron chi connectivity index (χ3n) is 4.99. The molecule has 0 aliphatic carbocycles. The van der Waals surface area contributed by atoms with Crippen molar-refractivity contribution in [3.05, 3.63) is 83.4 Å². The Bertz CT molecular complexity index is 1080. The molecule has 0 saturated heterocycles. The number of carbonyl (C=O) groups excluding carboxylic acids is 1. The highest BCUT2D eigenvalue weighted by atomic mass is 16.5. The van der Waals surface area contributed by atoms with Crippen molar-refractivity contribution in [1.29, 1.82) is 5.26 Å². The third kappa shape index (κ3) is 5.07. The van der Waals surface area contributed by atoms with Crippen LogP contribution in [0.25, 0.3) is 16.8 Å². The minimum Gasteiger partial charge on any atom is -0.493 e. The topological polar surface area (TPSA) is 62.1 Å². The molecule has 3 rings (SSSR count). The van der Waals surface area contributed by atoms with Gasteiger partial charge in [-0.05, 0) is 42.0 Å². The molecule has 4 heteroatoms. The number of fused-ring (bicyclic) bond motifs is 1. The summed E-state index contributed by atoms with van der Waals surface area (Å²) in [7, 11) is 0. The van der Waals surface area contributed by atoms with E-state index in [-0.39, 0.29) is 17.5 Å². The molecule has 0 bridgehead atoms. The van der Waals surface area contributed by atoms with E-state index in [0.717, 1.165) is 40.5 Å². The van der Waals surface area contributed by atoms with Crippen LogP contribution >= 0.6 is 0 Å². The van der Waals surface area contributed by atoms with Crippen LogP contribution in [-0.4, -0.2) is 12.5 Å². The van der Waals surface area contributed by atoms with Gasteiger partial charge in [0.05, 0.1) is 12.6 Å². The molecule has 152 valence electrons. The standard InChI is InChI=1S/C26H26N2O2/c1-3-4-16-30-25-15-14-21(23-12-8-9-13-24(23)25)17-22(18-27)26(29)28-19(2)20-10-6-5-7-11-20/h5-15,17,19H,3-4,16H2,1-2H3,(H,28,29)/b22-17+/t19-/m1/s1. The SMILES string of the molecule is CCCCOc1ccc(/C=C(\C#N)C(=O)N[C@H](C)c2ccccc2)c2ccccc12. The zero-order valence-corrected chi connectivity index (χ0v) is 17.4. The van der Waals surface area contributed by atoms with E-state index in [2.05, 4.69) is 12.2 Å². The first-order valence-electron chi connectivity index (χ1n) is 10.3. The summed E-state index contributed by atoms with van der Waals surface area (Å²) < 4.78 is 5.93. The Labute approximate surface area is 177 Å². The molecule has 0 spiro atoms. The average molecular weight is 399 g/mol. The van der Waals surface area contributed by atoms with E-state index in [1.165, 1.54) is 0 Å². The van der Waals surface area contributed by atoms with Gasteiger partial charge in [0.2, 0.25) is 0 Å². The smallest absolute Gasteiger partial charge is 0.262 e. The third-order valence-corrected chi connectivity index (χ3v) is 4.99. The summed E-state index contributed by atoms with van der Waals surface area (Å²) >= 11 is 0. The molecule has 1 atom stereocenters. The normalized spacial score (nSPS) is 12.2. The lowest BCUT2D eigenvalue weighted by molar-refractivity contribution is -0.117. The van der Waals surface area contributed by atoms with Crippen molar-refractivity contribution in [2.75, 3.05) is 6.61 Å². The van der Waals surface area contributed by atoms with Crippen molar-refractivity contribution in [1.82, 2.24) is 5.32 Å². The second kappa shape index (κ2) is 10.3. The van der Waals surface area contributed by atoms with E-state index in [1.807, 2.05) is 79.7 Å². The van der Waals surface area contributed by atoms with Gasteiger partial charge in [0.15, 0.2) is 0 Å². The average Bonchev–Trinajstić information content (AvgIpc) is 2.79. The number of unbranched alkanes of at least 4 members (excludes halogenated alkanes) is 1. The Balaban J connectivity index is 1.87. The van der Waals surface area contributed by atoms with Crippen LogP contribution in [0, 0.1) is 11.3 Å². The van der Waals surface area contributed by atoms with Crippen LogP contribution < -0.4 is 10.1 Å². The lowest BCUT2D eigenvalue weighted by atomic mass is 10.0. The minimum absolute atomic E-state index is 0.0718. The molecule has 30 heavy (non-hydrogen) atoms. The largest absolute Gasteiger partial charge is 0.493 e. The van der Waals surface area contributed by atoms with E-state index >= 15 is 0 Å². The number of nitriles is 1. The maximum Gasteiger partial charge on any atom is 0.262 e. The Hall–Kier alpha value is -3.58. The number of ether oxygens (including phenoxy) is 1. The fourth-order valence-corrected chi connectivity index (χ4v) is 3.28. The summed E-state index contributed by atoms with van der Waals surface area (Å²) in [4.78, 5) is 12.7. The summed E-state index contributed by atoms with van der Waals surface area (Å²) in [5.41, 5.74) is 1.87. The number of hydrogen-bond donors (Lipinski definition) is 1. The number of benzene rings is 3. The fraction of sp³-hybridized carbons (Fsp3) is 0.231. The lowest BCUT2D eigenvalue weighted by Gasteiger charge is -2.14. The zero-order chi connectivity index (χ0) is 21.3. The maximum atomic E-state index is 12.7. The van der Waals surface area contributed by atoms with Gasteiger partial charge in [-0.2, -0.15) is 5.26 Å². The summed E-state index contributed by atoms with van der Waals surface area (Å²) in [6, 6.07) is 23.2. The number of amides is 1. The van der Waals surface area contributed by atoms with Gasteiger partial charge in [0.25, 0.3) is 5.91 Å².